The summed E-state index contributed by atoms with van der Waals surface area (Å²) in [5, 5.41) is 0. The second-order valence-electron chi connectivity index (χ2n) is 20.8. The first kappa shape index (κ1) is 82.4. The number of ether oxygens (including phenoxy) is 8. The van der Waals surface area contributed by atoms with Crippen LogP contribution in [0.1, 0.15) is 285 Å². The molecule has 2 radical (unpaired) electrons. The van der Waals surface area contributed by atoms with E-state index < -0.39 is 21.1 Å². The Balaban J connectivity index is -0.00000111. The van der Waals surface area contributed by atoms with Crippen LogP contribution < -0.4 is 0 Å². The summed E-state index contributed by atoms with van der Waals surface area (Å²) in [4.78, 5) is 45.6. The molecule has 470 valence electrons. The number of hydrogen-bond acceptors (Lipinski definition) is 14. The van der Waals surface area contributed by atoms with Crippen molar-refractivity contribution in [1.29, 1.82) is 0 Å². The molecule has 0 N–H and O–H groups in total. The molecule has 0 rings (SSSR count). The third-order valence-electron chi connectivity index (χ3n) is 13.2. The van der Waals surface area contributed by atoms with Gasteiger partial charge in [-0.15, -0.1) is 0 Å². The van der Waals surface area contributed by atoms with Crippen LogP contribution in [0, 0.1) is 0 Å². The van der Waals surface area contributed by atoms with Gasteiger partial charge < -0.3 is 9.47 Å². The number of unbranched alkanes of at least 4 members (excludes halogenated alkanes) is 32. The van der Waals surface area contributed by atoms with E-state index >= 15 is 0 Å². The number of carbonyl (C=O) groups excluding carboxylic acids is 4. The van der Waals surface area contributed by atoms with Gasteiger partial charge in [0.1, 0.15) is 0 Å². The first-order chi connectivity index (χ1) is 38.8. The fourth-order valence-corrected chi connectivity index (χ4v) is 11.5. The van der Waals surface area contributed by atoms with Crippen molar-refractivity contribution >= 4 is 70.3 Å². The van der Waals surface area contributed by atoms with E-state index in [1.807, 2.05) is 0 Å². The van der Waals surface area contributed by atoms with Gasteiger partial charge in [0.25, 0.3) is 0 Å². The molecule has 0 spiro atoms. The van der Waals surface area contributed by atoms with Crippen LogP contribution in [-0.2, 0) is 57.1 Å². The molecule has 15 heteroatoms. The summed E-state index contributed by atoms with van der Waals surface area (Å²) in [7, 11) is 0. The summed E-state index contributed by atoms with van der Waals surface area (Å²) in [5.41, 5.74) is 0. The summed E-state index contributed by atoms with van der Waals surface area (Å²) in [6.07, 6.45) is 49.8. The molecule has 0 aromatic carbocycles. The first-order valence-corrected chi connectivity index (χ1v) is 38.0. The zero-order valence-corrected chi connectivity index (χ0v) is 56.5. The fraction of sp³-hybridized carbons (Fsp3) is 0.938. The van der Waals surface area contributed by atoms with Gasteiger partial charge in [0.15, 0.2) is 0 Å². The maximum atomic E-state index is 11.7. The quantitative estimate of drug-likeness (QED) is 0.0197. The molecular weight excluding hydrogens is 1140 g/mol. The molecule has 0 aliphatic heterocycles. The van der Waals surface area contributed by atoms with Crippen LogP contribution >= 0.6 is 25.3 Å². The second-order valence-corrected chi connectivity index (χ2v) is 26.0. The Morgan fingerprint density at radius 3 is 0.734 bits per heavy atom. The van der Waals surface area contributed by atoms with Gasteiger partial charge in [-0.2, -0.15) is 25.3 Å². The maximum absolute atomic E-state index is 11.7. The Bertz CT molecular complexity index is 1120. The van der Waals surface area contributed by atoms with Crippen LogP contribution in [0.2, 0.25) is 8.87 Å². The minimum Gasteiger partial charge on any atom is -0.0653 e. The molecule has 0 aliphatic carbocycles. The molecule has 0 aromatic rings. The third kappa shape index (κ3) is 81.5. The number of rotatable bonds is 62. The smallest absolute Gasteiger partial charge is 0.0653 e. The Hall–Kier alpha value is -0.781. The summed E-state index contributed by atoms with van der Waals surface area (Å²) in [6, 6.07) is 0. The van der Waals surface area contributed by atoms with Crippen molar-refractivity contribution in [2.75, 3.05) is 90.8 Å². The second kappa shape index (κ2) is 77.2. The van der Waals surface area contributed by atoms with Crippen LogP contribution in [0.15, 0.2) is 0 Å². The minimum atomic E-state index is -0.745. The molecule has 79 heavy (non-hydrogen) atoms. The molecule has 0 heterocycles. The Labute approximate surface area is 508 Å². The van der Waals surface area contributed by atoms with E-state index in [1.54, 1.807) is 0 Å². The van der Waals surface area contributed by atoms with Crippen molar-refractivity contribution in [3.8, 4) is 0 Å². The summed E-state index contributed by atoms with van der Waals surface area (Å²) in [5.74, 6) is 0.566. The molecule has 0 amide bonds. The molecule has 0 aromatic heterocycles. The molecule has 0 bridgehead atoms. The van der Waals surface area contributed by atoms with Crippen molar-refractivity contribution in [1.82, 2.24) is 0 Å². The monoisotopic (exact) mass is 1270 g/mol. The van der Waals surface area contributed by atoms with Crippen LogP contribution in [0.25, 0.3) is 0 Å². The number of carbonyl (C=O) groups is 4. The van der Waals surface area contributed by atoms with Crippen LogP contribution in [0.5, 0.6) is 0 Å². The first-order valence-electron chi connectivity index (χ1n) is 32.7. The SMILES string of the molecule is CCCCCCCCCCCCCCCCCCOC(=O)CCS.CCCCCCCCCCCCCCCCCCOC(=O)CCS.CCCCOCCOCCOC(=O)C[CH2][Sn][CH2]CC(=O)OCCOCCOCCCC. The molecular formula is C64H126O12S2Sn. The van der Waals surface area contributed by atoms with E-state index in [2.05, 4.69) is 53.0 Å². The predicted molar refractivity (Wildman–Crippen MR) is 338 cm³/mol. The molecule has 0 saturated heterocycles. The number of thiol groups is 2. The van der Waals surface area contributed by atoms with Gasteiger partial charge in [-0.1, -0.05) is 233 Å². The van der Waals surface area contributed by atoms with Gasteiger partial charge in [-0.05, 0) is 12.8 Å². The normalized spacial score (nSPS) is 10.9. The Morgan fingerprint density at radius 1 is 0.253 bits per heavy atom. The molecule has 0 saturated carbocycles. The number of hydrogen-bond donors (Lipinski definition) is 2. The minimum absolute atomic E-state index is 0.106. The van der Waals surface area contributed by atoms with Crippen molar-refractivity contribution < 1.29 is 57.1 Å². The standard InChI is InChI=1S/2C21H42O2S.2C11H21O4.Sn/c2*1-2-3-4-5-6-7-8-9-10-11-12-13-14-15-16-17-19-23-21(22)18-20-24;2*1-3-5-6-13-7-8-14-9-10-15-11(12)4-2;/h2*24H,2-20H2,1H3;2*2-10H2,1H3;. The third-order valence-corrected chi connectivity index (χ3v) is 17.1. The van der Waals surface area contributed by atoms with Crippen molar-refractivity contribution in [3.05, 3.63) is 0 Å². The van der Waals surface area contributed by atoms with Crippen molar-refractivity contribution in [3.63, 3.8) is 0 Å². The van der Waals surface area contributed by atoms with E-state index in [0.29, 0.717) is 90.0 Å². The zero-order chi connectivity index (χ0) is 58.3. The van der Waals surface area contributed by atoms with Crippen LogP contribution in [0.4, 0.5) is 0 Å². The van der Waals surface area contributed by atoms with E-state index in [1.165, 1.54) is 193 Å². The van der Waals surface area contributed by atoms with Gasteiger partial charge in [-0.3, -0.25) is 9.59 Å². The van der Waals surface area contributed by atoms with Gasteiger partial charge >= 0.3 is 184 Å². The van der Waals surface area contributed by atoms with Crippen LogP contribution in [-0.4, -0.2) is 136 Å². The summed E-state index contributed by atoms with van der Waals surface area (Å²) < 4.78 is 43.7. The molecule has 0 fully saturated rings. The average molecular weight is 1270 g/mol. The van der Waals surface area contributed by atoms with Gasteiger partial charge in [0, 0.05) is 11.5 Å². The summed E-state index contributed by atoms with van der Waals surface area (Å²) in [6.45, 7) is 15.0. The van der Waals surface area contributed by atoms with E-state index in [4.69, 9.17) is 37.9 Å². The topological polar surface area (TPSA) is 142 Å². The van der Waals surface area contributed by atoms with E-state index in [9.17, 15) is 19.2 Å². The van der Waals surface area contributed by atoms with Crippen molar-refractivity contribution in [2.24, 2.45) is 0 Å². The van der Waals surface area contributed by atoms with Gasteiger partial charge in [0.2, 0.25) is 0 Å². The van der Waals surface area contributed by atoms with E-state index in [-0.39, 0.29) is 37.1 Å². The van der Waals surface area contributed by atoms with E-state index in [0.717, 1.165) is 60.6 Å². The number of esters is 4. The Kier molecular flexibility index (Phi) is 80.6. The molecule has 0 aliphatic rings. The van der Waals surface area contributed by atoms with Crippen molar-refractivity contribution in [2.45, 2.75) is 293 Å². The van der Waals surface area contributed by atoms with Gasteiger partial charge in [-0.25, -0.2) is 0 Å². The molecule has 0 atom stereocenters. The molecule has 0 unspecified atom stereocenters. The summed E-state index contributed by atoms with van der Waals surface area (Å²) >= 11 is 7.29. The fourth-order valence-electron chi connectivity index (χ4n) is 8.22. The predicted octanol–water partition coefficient (Wildman–Crippen LogP) is 17.3. The van der Waals surface area contributed by atoms with Gasteiger partial charge in [0.05, 0.1) is 26.1 Å². The molecule has 12 nitrogen and oxygen atoms in total. The van der Waals surface area contributed by atoms with Crippen LogP contribution in [0.3, 0.4) is 0 Å². The average Bonchev–Trinajstić information content (AvgIpc) is 3.44. The zero-order valence-electron chi connectivity index (χ0n) is 51.9. The Morgan fingerprint density at radius 2 is 0.468 bits per heavy atom.